The quantitative estimate of drug-likeness (QED) is 0.703. The summed E-state index contributed by atoms with van der Waals surface area (Å²) < 4.78 is 8.65. The fourth-order valence-electron chi connectivity index (χ4n) is 0.860. The van der Waals surface area contributed by atoms with Crippen LogP contribution in [0, 0.1) is 0 Å². The van der Waals surface area contributed by atoms with Crippen molar-refractivity contribution in [1.29, 1.82) is 0 Å². The first-order valence-corrected chi connectivity index (χ1v) is 11.4. The van der Waals surface area contributed by atoms with E-state index in [0.717, 1.165) is 11.4 Å². The summed E-state index contributed by atoms with van der Waals surface area (Å²) in [5, 5.41) is 0. The average Bonchev–Trinajstić information content (AvgIpc) is 2.54. The normalized spacial score (nSPS) is 21.8. The number of benzene rings is 1. The van der Waals surface area contributed by atoms with E-state index in [-0.39, 0.29) is 13.3 Å². The molecule has 0 saturated carbocycles. The summed E-state index contributed by atoms with van der Waals surface area (Å²) in [4.78, 5) is 0. The van der Waals surface area contributed by atoms with E-state index in [0.29, 0.717) is 0 Å². The summed E-state index contributed by atoms with van der Waals surface area (Å²) in [5.41, 5.74) is 1.09. The third-order valence-electron chi connectivity index (χ3n) is 1.38. The third kappa shape index (κ3) is 1.84. The van der Waals surface area contributed by atoms with Crippen LogP contribution < -0.4 is 0 Å². The van der Waals surface area contributed by atoms with Crippen LogP contribution >= 0.6 is 10.1 Å². The van der Waals surface area contributed by atoms with Gasteiger partial charge in [-0.15, -0.1) is 0 Å². The van der Waals surface area contributed by atoms with Crippen LogP contribution in [0.5, 0.6) is 0 Å². The summed E-state index contributed by atoms with van der Waals surface area (Å²) in [6.07, 6.45) is 0. The van der Waals surface area contributed by atoms with E-state index >= 15 is 0 Å². The molecule has 1 aromatic carbocycles. The molecule has 1 atom stereocenters. The van der Waals surface area contributed by atoms with E-state index < -0.39 is 11.0 Å². The van der Waals surface area contributed by atoms with Gasteiger partial charge in [-0.25, -0.2) is 0 Å². The molecule has 1 heterocycles. The van der Waals surface area contributed by atoms with Crippen molar-refractivity contribution in [1.82, 2.24) is 0 Å². The van der Waals surface area contributed by atoms with Crippen molar-refractivity contribution in [3.63, 3.8) is 0 Å². The van der Waals surface area contributed by atoms with Gasteiger partial charge in [0.2, 0.25) is 0 Å². The molecule has 1 unspecified atom stereocenters. The van der Waals surface area contributed by atoms with Crippen molar-refractivity contribution in [2.45, 2.75) is 0 Å². The Bertz CT molecular complexity index is 348. The minimum absolute atomic E-state index is 0.215. The van der Waals surface area contributed by atoms with Crippen molar-refractivity contribution < 1.29 is 0 Å². The SMILES string of the molecule is Cl[Se]1=NC(c2ccccc2)=N[Se]1. The Balaban J connectivity index is 2.34. The number of amidine groups is 1. The summed E-state index contributed by atoms with van der Waals surface area (Å²) in [7, 11) is 4.73. The zero-order valence-corrected chi connectivity index (χ0v) is 10.2. The van der Waals surface area contributed by atoms with E-state index in [4.69, 9.17) is 10.1 Å². The summed E-state index contributed by atoms with van der Waals surface area (Å²) in [5.74, 6) is 0.857. The standard InChI is InChI=1S/C7H5ClN2Se2/c8-12-10-7(9-11-12)6-4-2-1-3-5-6/h1-5H. The Labute approximate surface area is 83.9 Å². The molecule has 0 fully saturated rings. The van der Waals surface area contributed by atoms with E-state index in [1.165, 1.54) is 0 Å². The van der Waals surface area contributed by atoms with Gasteiger partial charge in [0.25, 0.3) is 0 Å². The second-order valence-corrected chi connectivity index (χ2v) is 12.8. The average molecular weight is 311 g/mol. The van der Waals surface area contributed by atoms with Crippen molar-refractivity contribution in [2.75, 3.05) is 0 Å². The summed E-state index contributed by atoms with van der Waals surface area (Å²) in [6, 6.07) is 9.99. The Morgan fingerprint density at radius 3 is 2.58 bits per heavy atom. The van der Waals surface area contributed by atoms with Crippen LogP contribution in [-0.2, 0) is 0 Å². The molecule has 5 heteroatoms. The molecule has 2 rings (SSSR count). The van der Waals surface area contributed by atoms with Gasteiger partial charge in [0.1, 0.15) is 0 Å². The first-order valence-electron chi connectivity index (χ1n) is 3.29. The fraction of sp³-hybridized carbons (Fsp3) is 0. The summed E-state index contributed by atoms with van der Waals surface area (Å²) >= 11 is 0.215. The Kier molecular flexibility index (Phi) is 2.74. The topological polar surface area (TPSA) is 24.7 Å². The second-order valence-electron chi connectivity index (χ2n) is 2.15. The number of rotatable bonds is 1. The maximum absolute atomic E-state index is 5.93. The Morgan fingerprint density at radius 2 is 2.00 bits per heavy atom. The van der Waals surface area contributed by atoms with Gasteiger partial charge in [0, 0.05) is 0 Å². The van der Waals surface area contributed by atoms with Crippen LogP contribution in [0.25, 0.3) is 0 Å². The first kappa shape index (κ1) is 8.61. The van der Waals surface area contributed by atoms with Crippen LogP contribution in [0.4, 0.5) is 0 Å². The van der Waals surface area contributed by atoms with E-state index in [1.807, 2.05) is 30.3 Å². The molecule has 62 valence electrons. The third-order valence-corrected chi connectivity index (χ3v) is 7.66. The number of hydrogen-bond donors (Lipinski definition) is 0. The molecule has 0 saturated heterocycles. The molecule has 0 N–H and O–H groups in total. The van der Waals surface area contributed by atoms with Gasteiger partial charge in [-0.05, 0) is 0 Å². The molecular formula is C7H5ClN2Se2. The molecule has 0 aliphatic carbocycles. The monoisotopic (exact) mass is 312 g/mol. The van der Waals surface area contributed by atoms with Crippen LogP contribution in [0.3, 0.4) is 0 Å². The molecular weight excluding hydrogens is 305 g/mol. The van der Waals surface area contributed by atoms with Gasteiger partial charge in [0.05, 0.1) is 0 Å². The molecule has 12 heavy (non-hydrogen) atoms. The molecule has 0 radical (unpaired) electrons. The van der Waals surface area contributed by atoms with E-state index in [9.17, 15) is 0 Å². The van der Waals surface area contributed by atoms with Gasteiger partial charge < -0.3 is 0 Å². The minimum atomic E-state index is -1.20. The second kappa shape index (κ2) is 3.82. The molecule has 0 amide bonds. The predicted molar refractivity (Wildman–Crippen MR) is 52.8 cm³/mol. The predicted octanol–water partition coefficient (Wildman–Crippen LogP) is 1.56. The van der Waals surface area contributed by atoms with Crippen molar-refractivity contribution in [3.05, 3.63) is 35.9 Å². The van der Waals surface area contributed by atoms with Crippen LogP contribution in [0.2, 0.25) is 0 Å². The van der Waals surface area contributed by atoms with Crippen molar-refractivity contribution >= 4 is 40.3 Å². The van der Waals surface area contributed by atoms with Crippen LogP contribution in [0.15, 0.2) is 38.3 Å². The molecule has 1 aliphatic rings. The number of hydrogen-bond acceptors (Lipinski definition) is 2. The molecule has 1 aliphatic heterocycles. The van der Waals surface area contributed by atoms with Gasteiger partial charge in [0.15, 0.2) is 0 Å². The maximum atomic E-state index is 5.93. The molecule has 2 nitrogen and oxygen atoms in total. The Hall–Kier alpha value is 0.0190. The van der Waals surface area contributed by atoms with Gasteiger partial charge in [-0.1, -0.05) is 0 Å². The van der Waals surface area contributed by atoms with Crippen LogP contribution in [0.1, 0.15) is 5.56 Å². The van der Waals surface area contributed by atoms with E-state index in [1.54, 1.807) is 0 Å². The molecule has 0 bridgehead atoms. The van der Waals surface area contributed by atoms with Gasteiger partial charge >= 0.3 is 84.1 Å². The first-order chi connectivity index (χ1) is 5.86. The zero-order valence-electron chi connectivity index (χ0n) is 5.98. The van der Waals surface area contributed by atoms with Crippen molar-refractivity contribution in [2.24, 2.45) is 7.97 Å². The molecule has 0 spiro atoms. The van der Waals surface area contributed by atoms with Gasteiger partial charge in [-0.2, -0.15) is 0 Å². The Morgan fingerprint density at radius 1 is 1.25 bits per heavy atom. The zero-order chi connectivity index (χ0) is 8.39. The summed E-state index contributed by atoms with van der Waals surface area (Å²) in [6.45, 7) is 0. The van der Waals surface area contributed by atoms with Crippen molar-refractivity contribution in [3.8, 4) is 0 Å². The number of halogens is 1. The molecule has 1 aromatic rings. The molecule has 0 aromatic heterocycles. The number of nitrogens with zero attached hydrogens (tertiary/aromatic N) is 2. The van der Waals surface area contributed by atoms with Gasteiger partial charge in [-0.3, -0.25) is 0 Å². The fourth-order valence-corrected chi connectivity index (χ4v) is 6.04. The van der Waals surface area contributed by atoms with E-state index in [2.05, 4.69) is 7.97 Å². The van der Waals surface area contributed by atoms with Crippen LogP contribution in [-0.4, -0.2) is 30.2 Å².